The fourth-order valence-corrected chi connectivity index (χ4v) is 5.84. The van der Waals surface area contributed by atoms with E-state index in [0.717, 1.165) is 11.3 Å². The Morgan fingerprint density at radius 2 is 2.15 bits per heavy atom. The van der Waals surface area contributed by atoms with Crippen molar-refractivity contribution in [3.05, 3.63) is 0 Å². The lowest BCUT2D eigenvalue weighted by molar-refractivity contribution is -0.139. The number of carbonyl (C=O) groups excluding carboxylic acids is 2. The smallest absolute Gasteiger partial charge is 0.316 e. The van der Waals surface area contributed by atoms with E-state index in [2.05, 4.69) is 15.5 Å². The van der Waals surface area contributed by atoms with Gasteiger partial charge in [0.1, 0.15) is 6.04 Å². The Hall–Kier alpha value is -1.24. The Bertz CT molecular complexity index is 737. The van der Waals surface area contributed by atoms with Crippen molar-refractivity contribution in [1.29, 1.82) is 0 Å². The van der Waals surface area contributed by atoms with E-state index >= 15 is 0 Å². The molecule has 2 rings (SSSR count). The van der Waals surface area contributed by atoms with Gasteiger partial charge in [-0.2, -0.15) is 4.31 Å². The maximum atomic E-state index is 12.5. The number of nitrogens with zero attached hydrogens (tertiary/aromatic N) is 3. The van der Waals surface area contributed by atoms with Gasteiger partial charge in [-0.3, -0.25) is 14.9 Å². The molecule has 1 fully saturated rings. The molecule has 0 bridgehead atoms. The van der Waals surface area contributed by atoms with E-state index in [-0.39, 0.29) is 22.6 Å². The van der Waals surface area contributed by atoms with Crippen LogP contribution in [0.3, 0.4) is 0 Å². The number of hydrogen-bond acceptors (Lipinski definition) is 9. The Morgan fingerprint density at radius 1 is 1.38 bits per heavy atom. The van der Waals surface area contributed by atoms with Crippen LogP contribution < -0.4 is 5.32 Å². The second-order valence-corrected chi connectivity index (χ2v) is 9.78. The molecule has 0 unspecified atom stereocenters. The van der Waals surface area contributed by atoms with E-state index in [9.17, 15) is 18.0 Å². The molecule has 146 valence electrons. The minimum absolute atomic E-state index is 0.0320. The fraction of sp³-hybridized carbons (Fsp3) is 0.714. The predicted molar refractivity (Wildman–Crippen MR) is 99.7 cm³/mol. The number of carbonyl (C=O) groups is 2. The van der Waals surface area contributed by atoms with E-state index in [1.54, 1.807) is 13.8 Å². The van der Waals surface area contributed by atoms with Crippen molar-refractivity contribution in [2.24, 2.45) is 0 Å². The number of ether oxygens (including phenoxy) is 1. The molecule has 0 radical (unpaired) electrons. The van der Waals surface area contributed by atoms with Gasteiger partial charge in [0.25, 0.3) is 0 Å². The van der Waals surface area contributed by atoms with Gasteiger partial charge in [-0.25, -0.2) is 8.42 Å². The summed E-state index contributed by atoms with van der Waals surface area (Å²) in [5.74, 6) is -0.604. The summed E-state index contributed by atoms with van der Waals surface area (Å²) >= 11 is 2.30. The zero-order chi connectivity index (χ0) is 19.2. The molecular formula is C14H22N4O5S3. The normalized spacial score (nSPS) is 18.0. The van der Waals surface area contributed by atoms with Crippen molar-refractivity contribution in [3.63, 3.8) is 0 Å². The first-order valence-corrected chi connectivity index (χ1v) is 11.7. The SMILES string of the molecule is CCCS(=O)(=O)N1CCC[C@H]1C(=O)Nc1nnc(SCC(=O)OCC)s1. The molecule has 0 aromatic carbocycles. The molecule has 0 aliphatic carbocycles. The van der Waals surface area contributed by atoms with Crippen LogP contribution in [0, 0.1) is 0 Å². The zero-order valence-electron chi connectivity index (χ0n) is 14.6. The van der Waals surface area contributed by atoms with Crippen molar-refractivity contribution in [1.82, 2.24) is 14.5 Å². The van der Waals surface area contributed by atoms with Crippen LogP contribution in [0.25, 0.3) is 0 Å². The molecule has 9 nitrogen and oxygen atoms in total. The zero-order valence-corrected chi connectivity index (χ0v) is 17.1. The van der Waals surface area contributed by atoms with E-state index in [0.29, 0.717) is 36.8 Å². The van der Waals surface area contributed by atoms with Gasteiger partial charge >= 0.3 is 5.97 Å². The highest BCUT2D eigenvalue weighted by Crippen LogP contribution is 2.27. The van der Waals surface area contributed by atoms with Gasteiger partial charge in [-0.05, 0) is 26.2 Å². The van der Waals surface area contributed by atoms with Gasteiger partial charge < -0.3 is 4.74 Å². The molecule has 2 heterocycles. The van der Waals surface area contributed by atoms with E-state index < -0.39 is 22.0 Å². The Labute approximate surface area is 160 Å². The molecule has 1 atom stereocenters. The first-order valence-electron chi connectivity index (χ1n) is 8.29. The lowest BCUT2D eigenvalue weighted by Crippen LogP contribution is -2.44. The second kappa shape index (κ2) is 9.62. The number of hydrogen-bond donors (Lipinski definition) is 1. The van der Waals surface area contributed by atoms with Crippen LogP contribution in [-0.4, -0.2) is 65.5 Å². The van der Waals surface area contributed by atoms with Crippen molar-refractivity contribution < 1.29 is 22.7 Å². The summed E-state index contributed by atoms with van der Waals surface area (Å²) in [4.78, 5) is 23.8. The third kappa shape index (κ3) is 5.63. The molecule has 1 aromatic rings. The third-order valence-electron chi connectivity index (χ3n) is 3.58. The molecule has 0 spiro atoms. The summed E-state index contributed by atoms with van der Waals surface area (Å²) in [6, 6.07) is -0.717. The molecule has 0 saturated carbocycles. The van der Waals surface area contributed by atoms with Crippen LogP contribution in [0.5, 0.6) is 0 Å². The van der Waals surface area contributed by atoms with E-state index in [4.69, 9.17) is 4.74 Å². The Morgan fingerprint density at radius 3 is 2.85 bits per heavy atom. The van der Waals surface area contributed by atoms with Crippen molar-refractivity contribution in [2.45, 2.75) is 43.5 Å². The van der Waals surface area contributed by atoms with Gasteiger partial charge in [0, 0.05) is 6.54 Å². The van der Waals surface area contributed by atoms with E-state index in [1.807, 2.05) is 0 Å². The highest BCUT2D eigenvalue weighted by atomic mass is 32.2. The number of nitrogens with one attached hydrogen (secondary N) is 1. The highest BCUT2D eigenvalue weighted by Gasteiger charge is 2.38. The van der Waals surface area contributed by atoms with Gasteiger partial charge in [0.2, 0.25) is 21.1 Å². The number of rotatable bonds is 9. The summed E-state index contributed by atoms with van der Waals surface area (Å²) in [7, 11) is -3.43. The number of thioether (sulfide) groups is 1. The summed E-state index contributed by atoms with van der Waals surface area (Å²) in [6.45, 7) is 4.19. The molecule has 1 aliphatic rings. The van der Waals surface area contributed by atoms with Crippen molar-refractivity contribution >= 4 is 50.1 Å². The summed E-state index contributed by atoms with van der Waals surface area (Å²) in [5.41, 5.74) is 0. The topological polar surface area (TPSA) is 119 Å². The largest absolute Gasteiger partial charge is 0.465 e. The van der Waals surface area contributed by atoms with Gasteiger partial charge in [-0.1, -0.05) is 30.0 Å². The molecule has 26 heavy (non-hydrogen) atoms. The molecular weight excluding hydrogens is 400 g/mol. The monoisotopic (exact) mass is 422 g/mol. The third-order valence-corrected chi connectivity index (χ3v) is 7.60. The van der Waals surface area contributed by atoms with Crippen LogP contribution >= 0.6 is 23.1 Å². The van der Waals surface area contributed by atoms with Gasteiger partial charge in [-0.15, -0.1) is 10.2 Å². The van der Waals surface area contributed by atoms with Crippen molar-refractivity contribution in [2.75, 3.05) is 30.0 Å². The molecule has 1 aromatic heterocycles. The molecule has 1 amide bonds. The van der Waals surface area contributed by atoms with Crippen LogP contribution in [0.4, 0.5) is 5.13 Å². The first kappa shape index (κ1) is 21.1. The number of aromatic nitrogens is 2. The standard InChI is InChI=1S/C14H22N4O5S3/c1-3-8-26(21,22)18-7-5-6-10(18)12(20)15-13-16-17-14(25-13)24-9-11(19)23-4-2/h10H,3-9H2,1-2H3,(H,15,16,20)/t10-/m0/s1. The molecule has 1 aliphatic heterocycles. The Kier molecular flexibility index (Phi) is 7.80. The summed E-state index contributed by atoms with van der Waals surface area (Å²) in [6.07, 6.45) is 1.64. The predicted octanol–water partition coefficient (Wildman–Crippen LogP) is 1.34. The van der Waals surface area contributed by atoms with Crippen molar-refractivity contribution in [3.8, 4) is 0 Å². The molecule has 1 saturated heterocycles. The minimum atomic E-state index is -3.43. The minimum Gasteiger partial charge on any atom is -0.465 e. The molecule has 12 heteroatoms. The lowest BCUT2D eigenvalue weighted by Gasteiger charge is -2.22. The van der Waals surface area contributed by atoms with Gasteiger partial charge in [0.15, 0.2) is 4.34 Å². The van der Waals surface area contributed by atoms with E-state index in [1.165, 1.54) is 16.1 Å². The molecule has 1 N–H and O–H groups in total. The van der Waals surface area contributed by atoms with Crippen LogP contribution in [0.1, 0.15) is 33.1 Å². The number of anilines is 1. The number of amides is 1. The van der Waals surface area contributed by atoms with Crippen LogP contribution in [0.15, 0.2) is 4.34 Å². The summed E-state index contributed by atoms with van der Waals surface area (Å²) < 4.78 is 31.2. The average molecular weight is 423 g/mol. The Balaban J connectivity index is 1.94. The number of sulfonamides is 1. The quantitative estimate of drug-likeness (QED) is 0.360. The maximum Gasteiger partial charge on any atom is 0.316 e. The lowest BCUT2D eigenvalue weighted by atomic mass is 10.2. The number of esters is 1. The average Bonchev–Trinajstić information content (AvgIpc) is 3.22. The highest BCUT2D eigenvalue weighted by molar-refractivity contribution is 8.01. The fourth-order valence-electron chi connectivity index (χ4n) is 2.54. The maximum absolute atomic E-state index is 12.5. The summed E-state index contributed by atoms with van der Waals surface area (Å²) in [5, 5.41) is 10.7. The first-order chi connectivity index (χ1) is 12.4. The second-order valence-electron chi connectivity index (χ2n) is 5.54. The van der Waals surface area contributed by atoms with Crippen LogP contribution in [-0.2, 0) is 24.3 Å². The van der Waals surface area contributed by atoms with Gasteiger partial charge in [0.05, 0.1) is 18.1 Å². The van der Waals surface area contributed by atoms with Crippen LogP contribution in [0.2, 0.25) is 0 Å².